The molecule has 4 amide bonds. The average Bonchev–Trinajstić information content (AvgIpc) is 2.89. The predicted octanol–water partition coefficient (Wildman–Crippen LogP) is 3.87. The third kappa shape index (κ3) is 13.6. The number of benzene rings is 1. The van der Waals surface area contributed by atoms with Crippen LogP contribution < -0.4 is 16.0 Å². The van der Waals surface area contributed by atoms with E-state index in [0.717, 1.165) is 18.1 Å². The smallest absolute Gasteiger partial charge is 0.414 e. The first-order valence-corrected chi connectivity index (χ1v) is 14.2. The Bertz CT molecular complexity index is 1020. The van der Waals surface area contributed by atoms with Crippen molar-refractivity contribution in [2.75, 3.05) is 19.8 Å². The van der Waals surface area contributed by atoms with Gasteiger partial charge in [0.25, 0.3) is 17.7 Å². The summed E-state index contributed by atoms with van der Waals surface area (Å²) < 4.78 is 14.8. The molecule has 0 bridgehead atoms. The molecule has 1 rings (SSSR count). The Morgan fingerprint density at radius 3 is 1.17 bits per heavy atom. The Labute approximate surface area is 248 Å². The van der Waals surface area contributed by atoms with Gasteiger partial charge in [0, 0.05) is 16.7 Å². The third-order valence-corrected chi connectivity index (χ3v) is 5.20. The van der Waals surface area contributed by atoms with Gasteiger partial charge >= 0.3 is 18.0 Å². The van der Waals surface area contributed by atoms with Crippen molar-refractivity contribution in [1.29, 1.82) is 0 Å². The van der Waals surface area contributed by atoms with Crippen molar-refractivity contribution in [3.8, 4) is 0 Å². The molecule has 0 aromatic heterocycles. The van der Waals surface area contributed by atoms with E-state index in [1.807, 2.05) is 5.32 Å². The topological polar surface area (TPSA) is 166 Å². The van der Waals surface area contributed by atoms with Crippen molar-refractivity contribution < 1.29 is 43.0 Å². The molecule has 0 aliphatic carbocycles. The summed E-state index contributed by atoms with van der Waals surface area (Å²) in [6.45, 7) is 18.4. The van der Waals surface area contributed by atoms with E-state index >= 15 is 0 Å². The third-order valence-electron chi connectivity index (χ3n) is 5.20. The summed E-state index contributed by atoms with van der Waals surface area (Å²) in [5.74, 6) is -3.55. The van der Waals surface area contributed by atoms with E-state index in [0.29, 0.717) is 0 Å². The van der Waals surface area contributed by atoms with E-state index in [1.54, 1.807) is 48.5 Å². The highest BCUT2D eigenvalue weighted by Crippen LogP contribution is 2.15. The Balaban J connectivity index is 0.00000393. The normalized spacial score (nSPS) is 11.9. The molecule has 2 unspecified atom stereocenters. The van der Waals surface area contributed by atoms with Crippen molar-refractivity contribution in [1.82, 2.24) is 16.0 Å². The fraction of sp³-hybridized carbons (Fsp3) is 0.600. The number of nitrogens with one attached hydrogen (secondary N) is 3. The van der Waals surface area contributed by atoms with Gasteiger partial charge in [-0.2, -0.15) is 0 Å². The molecule has 0 aliphatic heterocycles. The molecule has 42 heavy (non-hydrogen) atoms. The molecule has 2 atom stereocenters. The van der Waals surface area contributed by atoms with Gasteiger partial charge in [-0.3, -0.25) is 19.7 Å². The zero-order chi connectivity index (χ0) is 32.6. The molecule has 0 heterocycles. The number of imide groups is 1. The van der Waals surface area contributed by atoms with E-state index in [9.17, 15) is 28.8 Å². The maximum absolute atomic E-state index is 13.1. The van der Waals surface area contributed by atoms with Gasteiger partial charge < -0.3 is 24.8 Å². The highest BCUT2D eigenvalue weighted by atomic mass is 16.5. The standard InChI is InChI=1S/C26H37N3O9.C4H10/c1-8-36-24(33)19(14(4)5)27-21(30)16-11-17(13-18(12-16)23(32)29-26(35)38-10-3)22(31)28-20(15(6)7)25(34)37-9-2;1-4(2)3/h11-15,19-20H,8-10H2,1-7H3,(H,27,30)(H,28,31)(H,29,32,35);4H,1-3H3. The molecule has 0 aliphatic rings. The predicted molar refractivity (Wildman–Crippen MR) is 157 cm³/mol. The Hall–Kier alpha value is -3.96. The number of alkyl carbamates (subject to hydrolysis) is 1. The number of carbonyl (C=O) groups excluding carboxylic acids is 6. The van der Waals surface area contributed by atoms with Gasteiger partial charge in [0.1, 0.15) is 12.1 Å². The first-order chi connectivity index (χ1) is 19.6. The number of carbonyl (C=O) groups is 6. The lowest BCUT2D eigenvalue weighted by atomic mass is 10.00. The summed E-state index contributed by atoms with van der Waals surface area (Å²) in [7, 11) is 0. The van der Waals surface area contributed by atoms with Gasteiger partial charge in [0.15, 0.2) is 0 Å². The molecule has 0 radical (unpaired) electrons. The molecule has 3 N–H and O–H groups in total. The van der Waals surface area contributed by atoms with E-state index in [2.05, 4.69) is 31.4 Å². The van der Waals surface area contributed by atoms with Gasteiger partial charge in [-0.05, 0) is 56.7 Å². The van der Waals surface area contributed by atoms with Gasteiger partial charge in [0.2, 0.25) is 0 Å². The van der Waals surface area contributed by atoms with Crippen molar-refractivity contribution >= 4 is 35.8 Å². The molecule has 1 aromatic rings. The monoisotopic (exact) mass is 593 g/mol. The van der Waals surface area contributed by atoms with Crippen LogP contribution in [-0.2, 0) is 23.8 Å². The van der Waals surface area contributed by atoms with Gasteiger partial charge in [-0.15, -0.1) is 0 Å². The molecule has 12 nitrogen and oxygen atoms in total. The number of hydrogen-bond acceptors (Lipinski definition) is 9. The van der Waals surface area contributed by atoms with Crippen LogP contribution in [0, 0.1) is 17.8 Å². The Kier molecular flexibility index (Phi) is 17.4. The second-order valence-corrected chi connectivity index (χ2v) is 10.6. The molecule has 0 spiro atoms. The molecule has 0 saturated carbocycles. The van der Waals surface area contributed by atoms with Crippen molar-refractivity contribution in [3.63, 3.8) is 0 Å². The first-order valence-electron chi connectivity index (χ1n) is 14.2. The van der Waals surface area contributed by atoms with Crippen LogP contribution in [0.1, 0.15) is 100 Å². The van der Waals surface area contributed by atoms with Crippen LogP contribution in [0.4, 0.5) is 4.79 Å². The minimum absolute atomic E-state index is 0.0180. The average molecular weight is 594 g/mol. The van der Waals surface area contributed by atoms with Gasteiger partial charge in [0.05, 0.1) is 19.8 Å². The van der Waals surface area contributed by atoms with E-state index < -0.39 is 47.8 Å². The molecule has 1 aromatic carbocycles. The number of rotatable bonds is 12. The maximum atomic E-state index is 13.1. The summed E-state index contributed by atoms with van der Waals surface area (Å²) in [5.41, 5.74) is -0.483. The molecule has 0 saturated heterocycles. The minimum atomic E-state index is -1.01. The van der Waals surface area contributed by atoms with E-state index in [4.69, 9.17) is 14.2 Å². The fourth-order valence-electron chi connectivity index (χ4n) is 3.26. The van der Waals surface area contributed by atoms with Crippen LogP contribution in [0.25, 0.3) is 0 Å². The first kappa shape index (κ1) is 38.0. The summed E-state index contributed by atoms with van der Waals surface area (Å²) in [6.07, 6.45) is -1.01. The lowest BCUT2D eigenvalue weighted by molar-refractivity contribution is -0.147. The van der Waals surface area contributed by atoms with E-state index in [1.165, 1.54) is 6.07 Å². The van der Waals surface area contributed by atoms with Crippen LogP contribution in [0.2, 0.25) is 0 Å². The van der Waals surface area contributed by atoms with Crippen LogP contribution in [0.3, 0.4) is 0 Å². The Morgan fingerprint density at radius 1 is 0.571 bits per heavy atom. The van der Waals surface area contributed by atoms with Crippen LogP contribution in [-0.4, -0.2) is 67.7 Å². The maximum Gasteiger partial charge on any atom is 0.414 e. The minimum Gasteiger partial charge on any atom is -0.464 e. The second kappa shape index (κ2) is 19.2. The van der Waals surface area contributed by atoms with Gasteiger partial charge in [-0.25, -0.2) is 14.4 Å². The van der Waals surface area contributed by atoms with Crippen molar-refractivity contribution in [2.45, 2.75) is 81.3 Å². The molecular weight excluding hydrogens is 546 g/mol. The Morgan fingerprint density at radius 2 is 0.881 bits per heavy atom. The molecule has 12 heteroatoms. The van der Waals surface area contributed by atoms with Crippen LogP contribution in [0.15, 0.2) is 18.2 Å². The highest BCUT2D eigenvalue weighted by Gasteiger charge is 2.29. The SMILES string of the molecule is CC(C)C.CCOC(=O)NC(=O)c1cc(C(=O)NC(C(=O)OCC)C(C)C)cc(C(=O)NC(C(=O)OCC)C(C)C)c1. The van der Waals surface area contributed by atoms with Crippen molar-refractivity contribution in [2.24, 2.45) is 17.8 Å². The second-order valence-electron chi connectivity index (χ2n) is 10.6. The number of amides is 4. The zero-order valence-corrected chi connectivity index (χ0v) is 26.4. The lowest BCUT2D eigenvalue weighted by Crippen LogP contribution is -2.46. The van der Waals surface area contributed by atoms with Gasteiger partial charge in [-0.1, -0.05) is 48.5 Å². The quantitative estimate of drug-likeness (QED) is 0.241. The number of ether oxygens (including phenoxy) is 3. The zero-order valence-electron chi connectivity index (χ0n) is 26.4. The molecular formula is C30H47N3O9. The summed E-state index contributed by atoms with van der Waals surface area (Å²) in [4.78, 5) is 75.4. The van der Waals surface area contributed by atoms with Crippen LogP contribution in [0.5, 0.6) is 0 Å². The summed E-state index contributed by atoms with van der Waals surface area (Å²) >= 11 is 0. The number of esters is 2. The summed E-state index contributed by atoms with van der Waals surface area (Å²) in [5, 5.41) is 7.13. The highest BCUT2D eigenvalue weighted by molar-refractivity contribution is 6.08. The largest absolute Gasteiger partial charge is 0.464 e. The van der Waals surface area contributed by atoms with Crippen molar-refractivity contribution in [3.05, 3.63) is 34.9 Å². The van der Waals surface area contributed by atoms with E-state index in [-0.39, 0.29) is 48.3 Å². The molecule has 236 valence electrons. The summed E-state index contributed by atoms with van der Waals surface area (Å²) in [6, 6.07) is 1.54. The fourth-order valence-corrected chi connectivity index (χ4v) is 3.26. The van der Waals surface area contributed by atoms with Crippen LogP contribution >= 0.6 is 0 Å². The molecule has 0 fully saturated rings. The number of hydrogen-bond donors (Lipinski definition) is 3. The lowest BCUT2D eigenvalue weighted by Gasteiger charge is -2.22.